The number of rotatable bonds is 4. The number of hydrogen-bond donors (Lipinski definition) is 4. The van der Waals surface area contributed by atoms with Gasteiger partial charge in [-0.1, -0.05) is 0 Å². The van der Waals surface area contributed by atoms with Crippen molar-refractivity contribution >= 4 is 17.6 Å². The first-order chi connectivity index (χ1) is 9.56. The normalized spacial score (nSPS) is 18.5. The van der Waals surface area contributed by atoms with Crippen LogP contribution in [0.15, 0.2) is 18.2 Å². The molecular weight excluding hydrogens is 264 g/mol. The van der Waals surface area contributed by atoms with Crippen molar-refractivity contribution in [2.24, 2.45) is 0 Å². The van der Waals surface area contributed by atoms with Crippen LogP contribution in [0.5, 0.6) is 5.75 Å². The van der Waals surface area contributed by atoms with Crippen LogP contribution in [0.4, 0.5) is 5.69 Å². The Hall–Kier alpha value is -2.12. The molecule has 1 aromatic carbocycles. The Morgan fingerprint density at radius 2 is 2.25 bits per heavy atom. The summed E-state index contributed by atoms with van der Waals surface area (Å²) in [4.78, 5) is 22.7. The van der Waals surface area contributed by atoms with E-state index in [1.807, 2.05) is 0 Å². The maximum Gasteiger partial charge on any atom is 0.339 e. The third-order valence-electron chi connectivity index (χ3n) is 2.94. The summed E-state index contributed by atoms with van der Waals surface area (Å²) in [6.45, 7) is 1.82. The van der Waals surface area contributed by atoms with Gasteiger partial charge in [-0.05, 0) is 18.2 Å². The number of nitrogens with one attached hydrogen (secondary N) is 2. The van der Waals surface area contributed by atoms with Crippen LogP contribution >= 0.6 is 0 Å². The van der Waals surface area contributed by atoms with Crippen molar-refractivity contribution in [1.29, 1.82) is 0 Å². The molecule has 20 heavy (non-hydrogen) atoms. The number of ether oxygens (including phenoxy) is 1. The molecule has 1 atom stereocenters. The first-order valence-corrected chi connectivity index (χ1v) is 6.23. The van der Waals surface area contributed by atoms with E-state index < -0.39 is 5.97 Å². The molecule has 0 aliphatic carbocycles. The molecule has 0 bridgehead atoms. The Kier molecular flexibility index (Phi) is 4.54. The Morgan fingerprint density at radius 1 is 1.45 bits per heavy atom. The molecule has 1 saturated heterocycles. The van der Waals surface area contributed by atoms with Gasteiger partial charge in [-0.15, -0.1) is 0 Å². The van der Waals surface area contributed by atoms with Gasteiger partial charge in [0.25, 0.3) is 0 Å². The molecule has 1 fully saturated rings. The van der Waals surface area contributed by atoms with Crippen molar-refractivity contribution in [1.82, 2.24) is 5.32 Å². The van der Waals surface area contributed by atoms with Crippen LogP contribution < -0.4 is 10.6 Å². The fourth-order valence-electron chi connectivity index (χ4n) is 1.97. The SMILES string of the molecule is O=C(CC1COCCN1)Nc1ccc(O)c(C(=O)O)c1. The minimum Gasteiger partial charge on any atom is -0.507 e. The summed E-state index contributed by atoms with van der Waals surface area (Å²) in [5, 5.41) is 24.0. The quantitative estimate of drug-likeness (QED) is 0.595. The summed E-state index contributed by atoms with van der Waals surface area (Å²) < 4.78 is 5.25. The van der Waals surface area contributed by atoms with Gasteiger partial charge >= 0.3 is 5.97 Å². The van der Waals surface area contributed by atoms with Crippen LogP contribution in [0.3, 0.4) is 0 Å². The Labute approximate surface area is 115 Å². The van der Waals surface area contributed by atoms with Crippen molar-refractivity contribution < 1.29 is 24.5 Å². The zero-order chi connectivity index (χ0) is 14.5. The molecule has 1 aromatic rings. The first-order valence-electron chi connectivity index (χ1n) is 6.23. The summed E-state index contributed by atoms with van der Waals surface area (Å²) >= 11 is 0. The number of amides is 1. The number of aromatic carboxylic acids is 1. The van der Waals surface area contributed by atoms with E-state index >= 15 is 0 Å². The van der Waals surface area contributed by atoms with Crippen LogP contribution in [0.1, 0.15) is 16.8 Å². The van der Waals surface area contributed by atoms with Gasteiger partial charge in [0, 0.05) is 24.7 Å². The molecule has 0 radical (unpaired) electrons. The van der Waals surface area contributed by atoms with Gasteiger partial charge in [0.2, 0.25) is 5.91 Å². The van der Waals surface area contributed by atoms with E-state index in [1.54, 1.807) is 0 Å². The number of benzene rings is 1. The Balaban J connectivity index is 1.96. The van der Waals surface area contributed by atoms with Gasteiger partial charge in [-0.25, -0.2) is 4.79 Å². The molecule has 1 unspecified atom stereocenters. The van der Waals surface area contributed by atoms with Crippen molar-refractivity contribution in [3.63, 3.8) is 0 Å². The number of morpholine rings is 1. The van der Waals surface area contributed by atoms with Gasteiger partial charge in [-0.2, -0.15) is 0 Å². The number of carboxylic acid groups (broad SMARTS) is 1. The summed E-state index contributed by atoms with van der Waals surface area (Å²) in [6, 6.07) is 3.87. The summed E-state index contributed by atoms with van der Waals surface area (Å²) in [6.07, 6.45) is 0.239. The standard InChI is InChI=1S/C13H16N2O5/c16-11-2-1-8(5-10(11)13(18)19)15-12(17)6-9-7-20-4-3-14-9/h1-2,5,9,14,16H,3-4,6-7H2,(H,15,17)(H,18,19). The highest BCUT2D eigenvalue weighted by molar-refractivity contribution is 5.95. The predicted molar refractivity (Wildman–Crippen MR) is 70.9 cm³/mol. The van der Waals surface area contributed by atoms with Gasteiger partial charge < -0.3 is 25.6 Å². The van der Waals surface area contributed by atoms with Crippen molar-refractivity contribution in [2.75, 3.05) is 25.1 Å². The lowest BCUT2D eigenvalue weighted by Gasteiger charge is -2.23. The molecule has 7 heteroatoms. The maximum absolute atomic E-state index is 11.8. The van der Waals surface area contributed by atoms with E-state index in [0.29, 0.717) is 25.4 Å². The van der Waals surface area contributed by atoms with E-state index in [-0.39, 0.29) is 29.7 Å². The number of aromatic hydroxyl groups is 1. The van der Waals surface area contributed by atoms with Gasteiger partial charge in [0.15, 0.2) is 0 Å². The number of carboxylic acids is 1. The van der Waals surface area contributed by atoms with Crippen LogP contribution in [-0.4, -0.2) is 47.9 Å². The summed E-state index contributed by atoms with van der Waals surface area (Å²) in [5.41, 5.74) is 0.0869. The summed E-state index contributed by atoms with van der Waals surface area (Å²) in [7, 11) is 0. The van der Waals surface area contributed by atoms with E-state index in [2.05, 4.69) is 10.6 Å². The number of carbonyl (C=O) groups excluding carboxylic acids is 1. The second kappa shape index (κ2) is 6.36. The first kappa shape index (κ1) is 14.3. The van der Waals surface area contributed by atoms with E-state index in [9.17, 15) is 14.7 Å². The highest BCUT2D eigenvalue weighted by atomic mass is 16.5. The fourth-order valence-corrected chi connectivity index (χ4v) is 1.97. The average molecular weight is 280 g/mol. The molecule has 1 aliphatic heterocycles. The van der Waals surface area contributed by atoms with Crippen molar-refractivity contribution in [3.8, 4) is 5.75 Å². The van der Waals surface area contributed by atoms with Crippen LogP contribution in [0, 0.1) is 0 Å². The summed E-state index contributed by atoms with van der Waals surface area (Å²) in [5.74, 6) is -1.83. The topological polar surface area (TPSA) is 108 Å². The van der Waals surface area contributed by atoms with Crippen LogP contribution in [0.25, 0.3) is 0 Å². The Bertz CT molecular complexity index is 511. The molecule has 0 saturated carbocycles. The second-order valence-corrected chi connectivity index (χ2v) is 4.52. The van der Waals surface area contributed by atoms with Gasteiger partial charge in [-0.3, -0.25) is 4.79 Å². The van der Waals surface area contributed by atoms with Crippen LogP contribution in [0.2, 0.25) is 0 Å². The minimum atomic E-state index is -1.25. The van der Waals surface area contributed by atoms with Gasteiger partial charge in [0.1, 0.15) is 11.3 Å². The molecule has 0 aromatic heterocycles. The number of carbonyl (C=O) groups is 2. The minimum absolute atomic E-state index is 0.0418. The lowest BCUT2D eigenvalue weighted by Crippen LogP contribution is -2.43. The molecule has 1 amide bonds. The number of hydrogen-bond acceptors (Lipinski definition) is 5. The average Bonchev–Trinajstić information content (AvgIpc) is 2.41. The zero-order valence-corrected chi connectivity index (χ0v) is 10.8. The fraction of sp³-hybridized carbons (Fsp3) is 0.385. The van der Waals surface area contributed by atoms with E-state index in [0.717, 1.165) is 0 Å². The largest absolute Gasteiger partial charge is 0.507 e. The molecule has 0 spiro atoms. The predicted octanol–water partition coefficient (Wildman–Crippen LogP) is 0.407. The molecule has 108 valence electrons. The van der Waals surface area contributed by atoms with Gasteiger partial charge in [0.05, 0.1) is 13.2 Å². The van der Waals surface area contributed by atoms with E-state index in [4.69, 9.17) is 9.84 Å². The third kappa shape index (κ3) is 3.69. The Morgan fingerprint density at radius 3 is 2.90 bits per heavy atom. The second-order valence-electron chi connectivity index (χ2n) is 4.52. The lowest BCUT2D eigenvalue weighted by atomic mass is 10.1. The van der Waals surface area contributed by atoms with Crippen LogP contribution in [-0.2, 0) is 9.53 Å². The smallest absolute Gasteiger partial charge is 0.339 e. The maximum atomic E-state index is 11.8. The molecule has 2 rings (SSSR count). The molecule has 7 nitrogen and oxygen atoms in total. The molecule has 1 heterocycles. The number of anilines is 1. The monoisotopic (exact) mass is 280 g/mol. The number of phenols is 1. The van der Waals surface area contributed by atoms with Crippen molar-refractivity contribution in [3.05, 3.63) is 23.8 Å². The van der Waals surface area contributed by atoms with Crippen molar-refractivity contribution in [2.45, 2.75) is 12.5 Å². The zero-order valence-electron chi connectivity index (χ0n) is 10.8. The highest BCUT2D eigenvalue weighted by Crippen LogP contribution is 2.21. The molecular formula is C13H16N2O5. The molecule has 1 aliphatic rings. The highest BCUT2D eigenvalue weighted by Gasteiger charge is 2.17. The van der Waals surface area contributed by atoms with E-state index in [1.165, 1.54) is 18.2 Å². The molecule has 4 N–H and O–H groups in total. The lowest BCUT2D eigenvalue weighted by molar-refractivity contribution is -0.117. The third-order valence-corrected chi connectivity index (χ3v) is 2.94.